The molecule has 0 aliphatic heterocycles. The Morgan fingerprint density at radius 1 is 1.24 bits per heavy atom. The molecule has 0 aliphatic carbocycles. The van der Waals surface area contributed by atoms with Crippen LogP contribution in [0.2, 0.25) is 5.15 Å². The number of halogens is 1. The van der Waals surface area contributed by atoms with E-state index in [-0.39, 0.29) is 17.9 Å². The summed E-state index contributed by atoms with van der Waals surface area (Å²) in [6, 6.07) is 9.16. The van der Waals surface area contributed by atoms with Crippen LogP contribution in [0.3, 0.4) is 0 Å². The van der Waals surface area contributed by atoms with Crippen molar-refractivity contribution < 1.29 is 14.3 Å². The van der Waals surface area contributed by atoms with Gasteiger partial charge in [-0.15, -0.1) is 0 Å². The van der Waals surface area contributed by atoms with Crippen LogP contribution in [0.1, 0.15) is 31.3 Å². The highest BCUT2D eigenvalue weighted by atomic mass is 35.5. The second kappa shape index (κ2) is 6.41. The predicted octanol–water partition coefficient (Wildman–Crippen LogP) is 3.86. The molecule has 0 radical (unpaired) electrons. The Morgan fingerprint density at radius 2 is 1.95 bits per heavy atom. The van der Waals surface area contributed by atoms with Crippen LogP contribution in [-0.4, -0.2) is 29.8 Å². The highest BCUT2D eigenvalue weighted by Gasteiger charge is 2.14. The number of fused-ring (bicyclic) bond motifs is 1. The van der Waals surface area contributed by atoms with Crippen LogP contribution in [0.4, 0.5) is 0 Å². The van der Waals surface area contributed by atoms with Crippen molar-refractivity contribution in [2.45, 2.75) is 26.4 Å². The summed E-state index contributed by atoms with van der Waals surface area (Å²) >= 11 is 6.08. The van der Waals surface area contributed by atoms with Gasteiger partial charge in [-0.1, -0.05) is 35.9 Å². The van der Waals surface area contributed by atoms with Crippen LogP contribution in [-0.2, 0) is 9.47 Å². The summed E-state index contributed by atoms with van der Waals surface area (Å²) in [4.78, 5) is 16.0. The number of benzene rings is 1. The molecule has 0 N–H and O–H groups in total. The molecule has 0 amide bonds. The largest absolute Gasteiger partial charge is 0.459 e. The molecular weight excluding hydrogens is 290 g/mol. The molecule has 0 saturated heterocycles. The Bertz CT molecular complexity index is 650. The second-order valence-electron chi connectivity index (χ2n) is 5.62. The Labute approximate surface area is 129 Å². The number of ether oxygens (including phenoxy) is 2. The third-order valence-corrected chi connectivity index (χ3v) is 3.04. The van der Waals surface area contributed by atoms with E-state index in [1.165, 1.54) is 0 Å². The second-order valence-corrected chi connectivity index (χ2v) is 5.97. The molecule has 0 atom stereocenters. The highest BCUT2D eigenvalue weighted by molar-refractivity contribution is 6.34. The number of rotatable bonds is 4. The minimum Gasteiger partial charge on any atom is -0.459 e. The Balaban J connectivity index is 2.03. The molecule has 0 unspecified atom stereocenters. The molecule has 4 nitrogen and oxygen atoms in total. The van der Waals surface area contributed by atoms with Crippen molar-refractivity contribution in [3.63, 3.8) is 0 Å². The van der Waals surface area contributed by atoms with Crippen LogP contribution in [0, 0.1) is 0 Å². The van der Waals surface area contributed by atoms with E-state index in [4.69, 9.17) is 21.1 Å². The van der Waals surface area contributed by atoms with Crippen molar-refractivity contribution in [3.05, 3.63) is 41.2 Å². The van der Waals surface area contributed by atoms with Crippen molar-refractivity contribution in [2.75, 3.05) is 13.2 Å². The molecule has 0 bridgehead atoms. The average molecular weight is 308 g/mol. The summed E-state index contributed by atoms with van der Waals surface area (Å²) < 4.78 is 10.6. The zero-order chi connectivity index (χ0) is 15.5. The van der Waals surface area contributed by atoms with Crippen LogP contribution >= 0.6 is 11.6 Å². The predicted molar refractivity (Wildman–Crippen MR) is 82.7 cm³/mol. The number of carbonyl (C=O) groups excluding carboxylic acids is 1. The molecule has 5 heteroatoms. The summed E-state index contributed by atoms with van der Waals surface area (Å²) in [6.07, 6.45) is 0. The van der Waals surface area contributed by atoms with E-state index in [0.29, 0.717) is 11.8 Å². The van der Waals surface area contributed by atoms with Gasteiger partial charge in [0.1, 0.15) is 11.8 Å². The van der Waals surface area contributed by atoms with Crippen LogP contribution < -0.4 is 0 Å². The van der Waals surface area contributed by atoms with Gasteiger partial charge in [0.15, 0.2) is 5.69 Å². The summed E-state index contributed by atoms with van der Waals surface area (Å²) in [5, 5.41) is 1.97. The lowest BCUT2D eigenvalue weighted by Crippen LogP contribution is -2.22. The maximum atomic E-state index is 12.0. The molecule has 1 heterocycles. The summed E-state index contributed by atoms with van der Waals surface area (Å²) in [6.45, 7) is 6.36. The number of aromatic nitrogens is 1. The molecule has 112 valence electrons. The van der Waals surface area contributed by atoms with E-state index in [1.54, 1.807) is 6.07 Å². The topological polar surface area (TPSA) is 48.4 Å². The SMILES string of the molecule is CC(C)(C)OCCOC(=O)c1cc2ccccc2c(Cl)n1. The maximum absolute atomic E-state index is 12.0. The van der Waals surface area contributed by atoms with Crippen LogP contribution in [0.5, 0.6) is 0 Å². The first kappa shape index (κ1) is 15.7. The number of esters is 1. The van der Waals surface area contributed by atoms with Gasteiger partial charge >= 0.3 is 5.97 Å². The van der Waals surface area contributed by atoms with Crippen molar-refractivity contribution in [3.8, 4) is 0 Å². The van der Waals surface area contributed by atoms with E-state index in [2.05, 4.69) is 4.98 Å². The Hall–Kier alpha value is -1.65. The van der Waals surface area contributed by atoms with E-state index in [1.807, 2.05) is 45.0 Å². The lowest BCUT2D eigenvalue weighted by molar-refractivity contribution is -0.0283. The van der Waals surface area contributed by atoms with Crippen molar-refractivity contribution in [1.29, 1.82) is 0 Å². The molecule has 0 fully saturated rings. The van der Waals surface area contributed by atoms with Gasteiger partial charge in [-0.3, -0.25) is 0 Å². The van der Waals surface area contributed by atoms with Crippen LogP contribution in [0.15, 0.2) is 30.3 Å². The molecule has 1 aromatic heterocycles. The van der Waals surface area contributed by atoms with Gasteiger partial charge in [0.05, 0.1) is 12.2 Å². The molecule has 0 saturated carbocycles. The van der Waals surface area contributed by atoms with Crippen molar-refractivity contribution in [1.82, 2.24) is 4.98 Å². The molecular formula is C16H18ClNO3. The average Bonchev–Trinajstić information content (AvgIpc) is 2.42. The number of hydrogen-bond acceptors (Lipinski definition) is 4. The number of carbonyl (C=O) groups is 1. The first-order valence-electron chi connectivity index (χ1n) is 6.73. The van der Waals surface area contributed by atoms with Gasteiger partial charge in [-0.25, -0.2) is 9.78 Å². The fourth-order valence-electron chi connectivity index (χ4n) is 1.82. The lowest BCUT2D eigenvalue weighted by atomic mass is 10.1. The Morgan fingerprint density at radius 3 is 2.67 bits per heavy atom. The first-order chi connectivity index (χ1) is 9.87. The van der Waals surface area contributed by atoms with E-state index in [0.717, 1.165) is 10.8 Å². The van der Waals surface area contributed by atoms with Crippen molar-refractivity contribution in [2.24, 2.45) is 0 Å². The maximum Gasteiger partial charge on any atom is 0.357 e. The zero-order valence-electron chi connectivity index (χ0n) is 12.4. The smallest absolute Gasteiger partial charge is 0.357 e. The molecule has 0 aliphatic rings. The molecule has 1 aromatic carbocycles. The third-order valence-electron chi connectivity index (χ3n) is 2.75. The van der Waals surface area contributed by atoms with Gasteiger partial charge in [0, 0.05) is 5.39 Å². The van der Waals surface area contributed by atoms with Gasteiger partial charge < -0.3 is 9.47 Å². The standard InChI is InChI=1S/C16H18ClNO3/c1-16(2,3)21-9-8-20-15(19)13-10-11-6-4-5-7-12(11)14(17)18-13/h4-7,10H,8-9H2,1-3H3. The first-order valence-corrected chi connectivity index (χ1v) is 7.11. The minimum atomic E-state index is -0.500. The number of nitrogens with zero attached hydrogens (tertiary/aromatic N) is 1. The molecule has 21 heavy (non-hydrogen) atoms. The zero-order valence-corrected chi connectivity index (χ0v) is 13.1. The quantitative estimate of drug-likeness (QED) is 0.489. The summed E-state index contributed by atoms with van der Waals surface area (Å²) in [7, 11) is 0. The van der Waals surface area contributed by atoms with E-state index in [9.17, 15) is 4.79 Å². The molecule has 0 spiro atoms. The lowest BCUT2D eigenvalue weighted by Gasteiger charge is -2.19. The van der Waals surface area contributed by atoms with E-state index < -0.39 is 5.97 Å². The molecule has 2 rings (SSSR count). The van der Waals surface area contributed by atoms with Gasteiger partial charge in [0.2, 0.25) is 0 Å². The van der Waals surface area contributed by atoms with Gasteiger partial charge in [-0.05, 0) is 32.2 Å². The normalized spacial score (nSPS) is 11.6. The monoisotopic (exact) mass is 307 g/mol. The molecule has 2 aromatic rings. The van der Waals surface area contributed by atoms with Gasteiger partial charge in [-0.2, -0.15) is 0 Å². The number of hydrogen-bond donors (Lipinski definition) is 0. The van der Waals surface area contributed by atoms with Crippen LogP contribution in [0.25, 0.3) is 10.8 Å². The van der Waals surface area contributed by atoms with Gasteiger partial charge in [0.25, 0.3) is 0 Å². The number of pyridine rings is 1. The summed E-state index contributed by atoms with van der Waals surface area (Å²) in [5.74, 6) is -0.500. The fraction of sp³-hybridized carbons (Fsp3) is 0.375. The highest BCUT2D eigenvalue weighted by Crippen LogP contribution is 2.22. The third kappa shape index (κ3) is 4.41. The van der Waals surface area contributed by atoms with Crippen molar-refractivity contribution >= 4 is 28.3 Å². The fourth-order valence-corrected chi connectivity index (χ4v) is 2.08. The van der Waals surface area contributed by atoms with E-state index >= 15 is 0 Å². The summed E-state index contributed by atoms with van der Waals surface area (Å²) in [5.41, 5.74) is -0.0499. The minimum absolute atomic E-state index is 0.183. The Kier molecular flexibility index (Phi) is 4.80.